The van der Waals surface area contributed by atoms with Crippen molar-refractivity contribution < 1.29 is 0 Å². The summed E-state index contributed by atoms with van der Waals surface area (Å²) in [6.07, 6.45) is 5.41. The number of thioether (sulfide) groups is 1. The van der Waals surface area contributed by atoms with E-state index < -0.39 is 0 Å². The van der Waals surface area contributed by atoms with Gasteiger partial charge in [-0.15, -0.1) is 0 Å². The van der Waals surface area contributed by atoms with Crippen LogP contribution in [0, 0.1) is 0 Å². The summed E-state index contributed by atoms with van der Waals surface area (Å²) >= 11 is 2.11. The summed E-state index contributed by atoms with van der Waals surface area (Å²) in [6.45, 7) is 7.10. The summed E-state index contributed by atoms with van der Waals surface area (Å²) in [5.41, 5.74) is 6.56. The van der Waals surface area contributed by atoms with Crippen LogP contribution in [-0.4, -0.2) is 65.1 Å². The van der Waals surface area contributed by atoms with Crippen LogP contribution in [0.4, 0.5) is 0 Å². The fourth-order valence-corrected chi connectivity index (χ4v) is 5.32. The maximum Gasteiger partial charge on any atom is 0.0362 e. The normalized spacial score (nSPS) is 43.0. The van der Waals surface area contributed by atoms with Crippen molar-refractivity contribution in [3.05, 3.63) is 0 Å². The molecule has 3 unspecified atom stereocenters. The smallest absolute Gasteiger partial charge is 0.0362 e. The second kappa shape index (κ2) is 5.31. The Hall–Kier alpha value is 0.230. The van der Waals surface area contributed by atoms with Crippen LogP contribution in [0.3, 0.4) is 0 Å². The van der Waals surface area contributed by atoms with Crippen molar-refractivity contribution >= 4 is 11.8 Å². The number of hydrogen-bond donors (Lipinski definition) is 1. The van der Waals surface area contributed by atoms with E-state index in [1.54, 1.807) is 0 Å². The van der Waals surface area contributed by atoms with Crippen molar-refractivity contribution in [3.8, 4) is 0 Å². The first-order valence-corrected chi connectivity index (χ1v) is 8.69. The van der Waals surface area contributed by atoms with E-state index in [1.807, 2.05) is 0 Å². The molecule has 104 valence electrons. The number of nitrogens with zero attached hydrogens (tertiary/aromatic N) is 2. The van der Waals surface area contributed by atoms with Gasteiger partial charge in [0.1, 0.15) is 0 Å². The third-order valence-electron chi connectivity index (χ3n) is 5.34. The lowest BCUT2D eigenvalue weighted by atomic mass is 9.81. The highest BCUT2D eigenvalue weighted by molar-refractivity contribution is 7.99. The maximum absolute atomic E-state index is 6.25. The summed E-state index contributed by atoms with van der Waals surface area (Å²) in [6, 6.07) is 1.53. The second-order valence-corrected chi connectivity index (χ2v) is 7.48. The average molecular weight is 269 g/mol. The lowest BCUT2D eigenvalue weighted by Gasteiger charge is -2.53. The van der Waals surface area contributed by atoms with Crippen LogP contribution in [0.15, 0.2) is 0 Å². The van der Waals surface area contributed by atoms with Crippen LogP contribution in [-0.2, 0) is 0 Å². The minimum absolute atomic E-state index is 0.311. The standard InChI is InChI=1S/C14H27N3S/c1-12-10-18-8-7-17(12)14(11-15)4-6-16-5-2-3-13(16)9-14/h12-13H,2-11,15H2,1H3. The van der Waals surface area contributed by atoms with Gasteiger partial charge in [0.05, 0.1) is 0 Å². The molecule has 18 heavy (non-hydrogen) atoms. The van der Waals surface area contributed by atoms with E-state index in [9.17, 15) is 0 Å². The van der Waals surface area contributed by atoms with Crippen LogP contribution < -0.4 is 5.73 Å². The van der Waals surface area contributed by atoms with E-state index in [0.717, 1.165) is 12.6 Å². The predicted octanol–water partition coefficient (Wildman–Crippen LogP) is 1.38. The zero-order chi connectivity index (χ0) is 12.6. The minimum Gasteiger partial charge on any atom is -0.329 e. The van der Waals surface area contributed by atoms with Crippen molar-refractivity contribution in [2.75, 3.05) is 37.7 Å². The molecule has 0 spiro atoms. The van der Waals surface area contributed by atoms with Crippen molar-refractivity contribution in [1.82, 2.24) is 9.80 Å². The van der Waals surface area contributed by atoms with Gasteiger partial charge in [-0.25, -0.2) is 0 Å². The van der Waals surface area contributed by atoms with Crippen molar-refractivity contribution in [1.29, 1.82) is 0 Å². The first kappa shape index (κ1) is 13.2. The Labute approximate surface area is 115 Å². The zero-order valence-electron chi connectivity index (χ0n) is 11.6. The highest BCUT2D eigenvalue weighted by Gasteiger charge is 2.45. The number of rotatable bonds is 2. The molecule has 3 saturated heterocycles. The Balaban J connectivity index is 1.76. The first-order valence-electron chi connectivity index (χ1n) is 7.54. The topological polar surface area (TPSA) is 32.5 Å². The van der Waals surface area contributed by atoms with Gasteiger partial charge in [-0.2, -0.15) is 11.8 Å². The highest BCUT2D eigenvalue weighted by atomic mass is 32.2. The Kier molecular flexibility index (Phi) is 3.90. The molecule has 3 atom stereocenters. The lowest BCUT2D eigenvalue weighted by Crippen LogP contribution is -2.64. The van der Waals surface area contributed by atoms with Gasteiger partial charge in [0.15, 0.2) is 0 Å². The third kappa shape index (κ3) is 2.21. The van der Waals surface area contributed by atoms with Gasteiger partial charge in [-0.3, -0.25) is 4.90 Å². The molecule has 3 heterocycles. The molecule has 0 amide bonds. The molecule has 0 aliphatic carbocycles. The molecule has 0 radical (unpaired) electrons. The molecule has 3 fully saturated rings. The Morgan fingerprint density at radius 1 is 1.33 bits per heavy atom. The molecule has 0 aromatic rings. The molecule has 0 aromatic carbocycles. The quantitative estimate of drug-likeness (QED) is 0.821. The zero-order valence-corrected chi connectivity index (χ0v) is 12.4. The lowest BCUT2D eigenvalue weighted by molar-refractivity contribution is -0.00527. The molecule has 3 aliphatic rings. The van der Waals surface area contributed by atoms with Gasteiger partial charge in [0, 0.05) is 48.8 Å². The van der Waals surface area contributed by atoms with Crippen LogP contribution in [0.1, 0.15) is 32.6 Å². The van der Waals surface area contributed by atoms with Gasteiger partial charge in [-0.05, 0) is 39.2 Å². The van der Waals surface area contributed by atoms with Gasteiger partial charge in [0.2, 0.25) is 0 Å². The van der Waals surface area contributed by atoms with Crippen LogP contribution in [0.5, 0.6) is 0 Å². The number of hydrogen-bond acceptors (Lipinski definition) is 4. The fraction of sp³-hybridized carbons (Fsp3) is 1.00. The van der Waals surface area contributed by atoms with Crippen molar-refractivity contribution in [2.45, 2.75) is 50.2 Å². The van der Waals surface area contributed by atoms with E-state index in [4.69, 9.17) is 5.73 Å². The monoisotopic (exact) mass is 269 g/mol. The van der Waals surface area contributed by atoms with E-state index >= 15 is 0 Å². The van der Waals surface area contributed by atoms with Crippen LogP contribution in [0.2, 0.25) is 0 Å². The first-order chi connectivity index (χ1) is 8.75. The molecular formula is C14H27N3S. The molecule has 0 bridgehead atoms. The van der Waals surface area contributed by atoms with E-state index in [-0.39, 0.29) is 0 Å². The summed E-state index contributed by atoms with van der Waals surface area (Å²) < 4.78 is 0. The molecule has 4 heteroatoms. The molecule has 2 N–H and O–H groups in total. The second-order valence-electron chi connectivity index (χ2n) is 6.33. The maximum atomic E-state index is 6.25. The number of nitrogens with two attached hydrogens (primary N) is 1. The SMILES string of the molecule is CC1CSCCN1C1(CN)CCN2CCCC2C1. The Bertz CT molecular complexity index is 299. The molecule has 3 nitrogen and oxygen atoms in total. The molecular weight excluding hydrogens is 242 g/mol. The molecule has 3 rings (SSSR count). The largest absolute Gasteiger partial charge is 0.329 e. The molecule has 0 saturated carbocycles. The molecule has 0 aromatic heterocycles. The minimum atomic E-state index is 0.311. The highest BCUT2D eigenvalue weighted by Crippen LogP contribution is 2.38. The van der Waals surface area contributed by atoms with Crippen LogP contribution in [0.25, 0.3) is 0 Å². The van der Waals surface area contributed by atoms with Crippen molar-refractivity contribution in [2.24, 2.45) is 5.73 Å². The summed E-state index contributed by atoms with van der Waals surface area (Å²) in [5.74, 6) is 2.58. The van der Waals surface area contributed by atoms with Gasteiger partial charge >= 0.3 is 0 Å². The van der Waals surface area contributed by atoms with Gasteiger partial charge in [0.25, 0.3) is 0 Å². The van der Waals surface area contributed by atoms with Gasteiger partial charge < -0.3 is 10.6 Å². The van der Waals surface area contributed by atoms with Crippen molar-refractivity contribution in [3.63, 3.8) is 0 Å². The van der Waals surface area contributed by atoms with Crippen LogP contribution >= 0.6 is 11.8 Å². The summed E-state index contributed by atoms with van der Waals surface area (Å²) in [7, 11) is 0. The Morgan fingerprint density at radius 3 is 3.00 bits per heavy atom. The number of fused-ring (bicyclic) bond motifs is 1. The fourth-order valence-electron chi connectivity index (χ4n) is 4.31. The van der Waals surface area contributed by atoms with Gasteiger partial charge in [-0.1, -0.05) is 0 Å². The average Bonchev–Trinajstić information content (AvgIpc) is 2.86. The summed E-state index contributed by atoms with van der Waals surface area (Å²) in [4.78, 5) is 5.47. The Morgan fingerprint density at radius 2 is 2.22 bits per heavy atom. The van der Waals surface area contributed by atoms with E-state index in [1.165, 1.54) is 56.8 Å². The van der Waals surface area contributed by atoms with E-state index in [2.05, 4.69) is 28.5 Å². The third-order valence-corrected chi connectivity index (χ3v) is 6.53. The number of piperidine rings is 1. The summed E-state index contributed by atoms with van der Waals surface area (Å²) in [5, 5.41) is 0. The predicted molar refractivity (Wildman–Crippen MR) is 79.1 cm³/mol. The molecule has 3 aliphatic heterocycles. The van der Waals surface area contributed by atoms with E-state index in [0.29, 0.717) is 11.6 Å².